The average Bonchev–Trinajstić information content (AvgIpc) is 3.01. The molecule has 7 nitrogen and oxygen atoms in total. The highest BCUT2D eigenvalue weighted by molar-refractivity contribution is 5.91. The Bertz CT molecular complexity index is 547. The average molecular weight is 337 g/mol. The monoisotopic (exact) mass is 337 g/mol. The van der Waals surface area contributed by atoms with Crippen molar-refractivity contribution in [2.24, 2.45) is 0 Å². The fourth-order valence-corrected chi connectivity index (χ4v) is 2.10. The summed E-state index contributed by atoms with van der Waals surface area (Å²) in [6.07, 6.45) is 2.21. The van der Waals surface area contributed by atoms with Crippen molar-refractivity contribution in [2.45, 2.75) is 46.1 Å². The second-order valence-corrected chi connectivity index (χ2v) is 6.54. The first kappa shape index (κ1) is 19.7. The number of nitrogens with zero attached hydrogens (tertiary/aromatic N) is 1. The zero-order valence-corrected chi connectivity index (χ0v) is 14.8. The Morgan fingerprint density at radius 1 is 1.25 bits per heavy atom. The van der Waals surface area contributed by atoms with Gasteiger partial charge >= 0.3 is 0 Å². The molecule has 0 saturated carbocycles. The highest BCUT2D eigenvalue weighted by atomic mass is 16.3. The Labute approximate surface area is 142 Å². The van der Waals surface area contributed by atoms with E-state index in [0.717, 1.165) is 0 Å². The van der Waals surface area contributed by atoms with Gasteiger partial charge in [0.05, 0.1) is 12.8 Å². The molecule has 1 aromatic rings. The molecule has 0 spiro atoms. The van der Waals surface area contributed by atoms with Crippen molar-refractivity contribution in [3.8, 4) is 0 Å². The third-order valence-corrected chi connectivity index (χ3v) is 3.18. The lowest BCUT2D eigenvalue weighted by Gasteiger charge is -2.25. The van der Waals surface area contributed by atoms with Gasteiger partial charge in [-0.2, -0.15) is 0 Å². The fraction of sp³-hybridized carbons (Fsp3) is 0.588. The topological polar surface area (TPSA) is 91.7 Å². The van der Waals surface area contributed by atoms with Crippen molar-refractivity contribution in [1.82, 2.24) is 15.5 Å². The molecule has 0 fully saturated rings. The van der Waals surface area contributed by atoms with Crippen LogP contribution in [0.1, 0.15) is 51.1 Å². The summed E-state index contributed by atoms with van der Waals surface area (Å²) in [6, 6.07) is 3.22. The Morgan fingerprint density at radius 2 is 1.96 bits per heavy atom. The van der Waals surface area contributed by atoms with E-state index in [1.807, 2.05) is 27.7 Å². The summed E-state index contributed by atoms with van der Waals surface area (Å²) in [5.74, 6) is -0.336. The maximum absolute atomic E-state index is 12.2. The van der Waals surface area contributed by atoms with E-state index in [1.54, 1.807) is 12.1 Å². The normalized spacial score (nSPS) is 11.0. The molecule has 1 heterocycles. The van der Waals surface area contributed by atoms with E-state index in [2.05, 4.69) is 10.6 Å². The summed E-state index contributed by atoms with van der Waals surface area (Å²) in [5.41, 5.74) is -0.324. The standard InChI is InChI=1S/C17H27N3O4/c1-5-20(12-14(21)19-17(2,3)4)15(22)9-6-10-18-16(23)13-8-7-11-24-13/h7-8,11H,5-6,9-10,12H2,1-4H3,(H,18,23)(H,19,21). The SMILES string of the molecule is CCN(CC(=O)NC(C)(C)C)C(=O)CCCNC(=O)c1ccco1. The van der Waals surface area contributed by atoms with Crippen molar-refractivity contribution >= 4 is 17.7 Å². The minimum absolute atomic E-state index is 0.0470. The van der Waals surface area contributed by atoms with Crippen LogP contribution in [0.3, 0.4) is 0 Å². The lowest BCUT2D eigenvalue weighted by molar-refractivity contribution is -0.136. The van der Waals surface area contributed by atoms with Gasteiger partial charge in [0.25, 0.3) is 5.91 Å². The van der Waals surface area contributed by atoms with E-state index in [0.29, 0.717) is 19.5 Å². The number of amides is 3. The molecule has 0 atom stereocenters. The van der Waals surface area contributed by atoms with Gasteiger partial charge in [-0.05, 0) is 46.2 Å². The number of nitrogens with one attached hydrogen (secondary N) is 2. The van der Waals surface area contributed by atoms with Crippen LogP contribution in [-0.2, 0) is 9.59 Å². The van der Waals surface area contributed by atoms with Crippen molar-refractivity contribution < 1.29 is 18.8 Å². The van der Waals surface area contributed by atoms with Crippen LogP contribution in [0.4, 0.5) is 0 Å². The van der Waals surface area contributed by atoms with Gasteiger partial charge in [-0.25, -0.2) is 0 Å². The maximum atomic E-state index is 12.2. The first-order valence-electron chi connectivity index (χ1n) is 8.13. The summed E-state index contributed by atoms with van der Waals surface area (Å²) >= 11 is 0. The first-order valence-corrected chi connectivity index (χ1v) is 8.13. The van der Waals surface area contributed by atoms with E-state index >= 15 is 0 Å². The van der Waals surface area contributed by atoms with Gasteiger partial charge in [-0.1, -0.05) is 0 Å². The number of hydrogen-bond acceptors (Lipinski definition) is 4. The number of carbonyl (C=O) groups excluding carboxylic acids is 3. The lowest BCUT2D eigenvalue weighted by atomic mass is 10.1. The summed E-state index contributed by atoms with van der Waals surface area (Å²) < 4.78 is 4.98. The number of rotatable bonds is 8. The maximum Gasteiger partial charge on any atom is 0.286 e. The molecular weight excluding hydrogens is 310 g/mol. The molecule has 1 rings (SSSR count). The number of hydrogen-bond donors (Lipinski definition) is 2. The van der Waals surface area contributed by atoms with Gasteiger partial charge in [0.2, 0.25) is 11.8 Å². The van der Waals surface area contributed by atoms with Gasteiger partial charge in [0.1, 0.15) is 0 Å². The first-order chi connectivity index (χ1) is 11.2. The van der Waals surface area contributed by atoms with Crippen LogP contribution in [0.25, 0.3) is 0 Å². The number of likely N-dealkylation sites (N-methyl/N-ethyl adjacent to an activating group) is 1. The second kappa shape index (κ2) is 9.10. The number of furan rings is 1. The summed E-state index contributed by atoms with van der Waals surface area (Å²) in [5, 5.41) is 5.52. The molecule has 0 bridgehead atoms. The molecule has 24 heavy (non-hydrogen) atoms. The minimum atomic E-state index is -0.324. The number of carbonyl (C=O) groups is 3. The molecule has 0 aromatic carbocycles. The molecule has 0 unspecified atom stereocenters. The van der Waals surface area contributed by atoms with Gasteiger partial charge < -0.3 is 20.0 Å². The second-order valence-electron chi connectivity index (χ2n) is 6.54. The summed E-state index contributed by atoms with van der Waals surface area (Å²) in [4.78, 5) is 37.2. The van der Waals surface area contributed by atoms with Crippen LogP contribution in [0, 0.1) is 0 Å². The molecule has 2 N–H and O–H groups in total. The molecule has 1 aromatic heterocycles. The molecule has 3 amide bonds. The van der Waals surface area contributed by atoms with E-state index in [9.17, 15) is 14.4 Å². The van der Waals surface area contributed by atoms with Crippen LogP contribution in [-0.4, -0.2) is 47.8 Å². The largest absolute Gasteiger partial charge is 0.459 e. The van der Waals surface area contributed by atoms with E-state index in [4.69, 9.17) is 4.42 Å². The molecule has 0 saturated heterocycles. The third-order valence-electron chi connectivity index (χ3n) is 3.18. The van der Waals surface area contributed by atoms with Crippen LogP contribution in [0.2, 0.25) is 0 Å². The van der Waals surface area contributed by atoms with Crippen LogP contribution in [0.5, 0.6) is 0 Å². The molecule has 0 aliphatic rings. The van der Waals surface area contributed by atoms with Crippen LogP contribution in [0.15, 0.2) is 22.8 Å². The summed E-state index contributed by atoms with van der Waals surface area (Å²) in [6.45, 7) is 8.40. The van der Waals surface area contributed by atoms with E-state index in [-0.39, 0.29) is 42.0 Å². The minimum Gasteiger partial charge on any atom is -0.459 e. The Balaban J connectivity index is 2.31. The quantitative estimate of drug-likeness (QED) is 0.704. The van der Waals surface area contributed by atoms with Crippen molar-refractivity contribution in [3.05, 3.63) is 24.2 Å². The molecule has 134 valence electrons. The van der Waals surface area contributed by atoms with Crippen molar-refractivity contribution in [3.63, 3.8) is 0 Å². The van der Waals surface area contributed by atoms with E-state index < -0.39 is 0 Å². The molecule has 0 aliphatic carbocycles. The van der Waals surface area contributed by atoms with Gasteiger partial charge in [-0.3, -0.25) is 14.4 Å². The Kier molecular flexibility index (Phi) is 7.48. The molecular formula is C17H27N3O4. The zero-order chi connectivity index (χ0) is 18.2. The molecule has 0 aliphatic heterocycles. The highest BCUT2D eigenvalue weighted by Gasteiger charge is 2.19. The van der Waals surface area contributed by atoms with Gasteiger partial charge in [-0.15, -0.1) is 0 Å². The summed E-state index contributed by atoms with van der Waals surface area (Å²) in [7, 11) is 0. The van der Waals surface area contributed by atoms with Gasteiger partial charge in [0.15, 0.2) is 5.76 Å². The predicted molar refractivity (Wildman–Crippen MR) is 90.4 cm³/mol. The van der Waals surface area contributed by atoms with E-state index in [1.165, 1.54) is 11.2 Å². The van der Waals surface area contributed by atoms with Crippen LogP contribution < -0.4 is 10.6 Å². The van der Waals surface area contributed by atoms with Crippen LogP contribution >= 0.6 is 0 Å². The van der Waals surface area contributed by atoms with Gasteiger partial charge in [0, 0.05) is 25.0 Å². The lowest BCUT2D eigenvalue weighted by Crippen LogP contribution is -2.47. The predicted octanol–water partition coefficient (Wildman–Crippen LogP) is 1.55. The molecule has 0 radical (unpaired) electrons. The zero-order valence-electron chi connectivity index (χ0n) is 14.8. The van der Waals surface area contributed by atoms with Crippen molar-refractivity contribution in [2.75, 3.05) is 19.6 Å². The fourth-order valence-electron chi connectivity index (χ4n) is 2.10. The molecule has 7 heteroatoms. The Hall–Kier alpha value is -2.31. The smallest absolute Gasteiger partial charge is 0.286 e. The van der Waals surface area contributed by atoms with Crippen molar-refractivity contribution in [1.29, 1.82) is 0 Å². The highest BCUT2D eigenvalue weighted by Crippen LogP contribution is 2.02. The Morgan fingerprint density at radius 3 is 2.50 bits per heavy atom. The third kappa shape index (κ3) is 7.30.